The Labute approximate surface area is 106 Å². The van der Waals surface area contributed by atoms with Crippen molar-refractivity contribution in [2.24, 2.45) is 11.7 Å². The summed E-state index contributed by atoms with van der Waals surface area (Å²) in [6, 6.07) is 3.81. The molecule has 2 heterocycles. The molecule has 5 nitrogen and oxygen atoms in total. The fourth-order valence-electron chi connectivity index (χ4n) is 2.86. The maximum absolute atomic E-state index is 5.82. The van der Waals surface area contributed by atoms with Crippen molar-refractivity contribution in [2.75, 3.05) is 13.7 Å². The van der Waals surface area contributed by atoms with E-state index in [0.29, 0.717) is 17.7 Å². The van der Waals surface area contributed by atoms with Gasteiger partial charge in [-0.1, -0.05) is 6.42 Å². The Morgan fingerprint density at radius 3 is 3.06 bits per heavy atom. The zero-order chi connectivity index (χ0) is 12.5. The van der Waals surface area contributed by atoms with Crippen molar-refractivity contribution in [1.29, 1.82) is 0 Å². The van der Waals surface area contributed by atoms with E-state index in [1.807, 2.05) is 12.1 Å². The van der Waals surface area contributed by atoms with Gasteiger partial charge in [-0.15, -0.1) is 0 Å². The van der Waals surface area contributed by atoms with Gasteiger partial charge >= 0.3 is 0 Å². The first-order valence-electron chi connectivity index (χ1n) is 6.42. The van der Waals surface area contributed by atoms with Crippen LogP contribution in [0.15, 0.2) is 12.1 Å². The summed E-state index contributed by atoms with van der Waals surface area (Å²) in [5, 5.41) is 0. The highest BCUT2D eigenvalue weighted by atomic mass is 16.5. The van der Waals surface area contributed by atoms with Crippen molar-refractivity contribution < 1.29 is 4.74 Å². The van der Waals surface area contributed by atoms with Gasteiger partial charge in [0, 0.05) is 12.0 Å². The third-order valence-corrected chi connectivity index (χ3v) is 3.86. The number of aromatic nitrogens is 3. The summed E-state index contributed by atoms with van der Waals surface area (Å²) in [6.07, 6.45) is 3.61. The lowest BCUT2D eigenvalue weighted by atomic mass is 9.96. The average Bonchev–Trinajstić information content (AvgIpc) is 3.03. The minimum atomic E-state index is 0.454. The molecule has 2 aromatic rings. The Morgan fingerprint density at radius 1 is 1.39 bits per heavy atom. The number of methoxy groups -OCH3 is 1. The van der Waals surface area contributed by atoms with E-state index in [1.165, 1.54) is 19.3 Å². The second-order valence-corrected chi connectivity index (χ2v) is 4.88. The van der Waals surface area contributed by atoms with Crippen LogP contribution >= 0.6 is 0 Å². The number of imidazole rings is 1. The Balaban J connectivity index is 1.97. The number of pyridine rings is 1. The summed E-state index contributed by atoms with van der Waals surface area (Å²) in [5.74, 6) is 2.63. The molecule has 0 aromatic carbocycles. The normalized spacial score (nSPS) is 23.7. The molecule has 1 saturated carbocycles. The Morgan fingerprint density at radius 2 is 2.28 bits per heavy atom. The summed E-state index contributed by atoms with van der Waals surface area (Å²) in [6.45, 7) is 0.735. The minimum absolute atomic E-state index is 0.454. The van der Waals surface area contributed by atoms with E-state index in [9.17, 15) is 0 Å². The molecule has 2 atom stereocenters. The van der Waals surface area contributed by atoms with Gasteiger partial charge in [-0.3, -0.25) is 0 Å². The standard InChI is InChI=1S/C13H18N4O/c1-18-11-6-5-10-13(16-11)17-12(15-10)9-4-2-3-8(9)7-14/h5-6,8-9H,2-4,7,14H2,1H3,(H,15,16,17). The van der Waals surface area contributed by atoms with Crippen LogP contribution in [0.5, 0.6) is 5.88 Å². The number of rotatable bonds is 3. The first-order valence-corrected chi connectivity index (χ1v) is 6.42. The SMILES string of the molecule is COc1ccc2[nH]c(C3CCCC3CN)nc2n1. The molecular formula is C13H18N4O. The van der Waals surface area contributed by atoms with E-state index in [4.69, 9.17) is 10.5 Å². The predicted octanol–water partition coefficient (Wildman–Crippen LogP) is 1.81. The lowest BCUT2D eigenvalue weighted by molar-refractivity contribution is 0.399. The maximum Gasteiger partial charge on any atom is 0.215 e. The molecule has 3 rings (SSSR count). The zero-order valence-corrected chi connectivity index (χ0v) is 10.5. The third-order valence-electron chi connectivity index (χ3n) is 3.86. The lowest BCUT2D eigenvalue weighted by Crippen LogP contribution is -2.17. The van der Waals surface area contributed by atoms with Crippen molar-refractivity contribution in [1.82, 2.24) is 15.0 Å². The van der Waals surface area contributed by atoms with E-state index in [2.05, 4.69) is 15.0 Å². The van der Waals surface area contributed by atoms with E-state index >= 15 is 0 Å². The van der Waals surface area contributed by atoms with Gasteiger partial charge in [0.15, 0.2) is 5.65 Å². The Kier molecular flexibility index (Phi) is 2.91. The van der Waals surface area contributed by atoms with Gasteiger partial charge in [0.25, 0.3) is 0 Å². The molecule has 1 fully saturated rings. The van der Waals surface area contributed by atoms with Crippen molar-refractivity contribution in [3.05, 3.63) is 18.0 Å². The van der Waals surface area contributed by atoms with E-state index < -0.39 is 0 Å². The molecule has 5 heteroatoms. The van der Waals surface area contributed by atoms with Crippen molar-refractivity contribution in [2.45, 2.75) is 25.2 Å². The van der Waals surface area contributed by atoms with Gasteiger partial charge < -0.3 is 15.5 Å². The number of hydrogen-bond acceptors (Lipinski definition) is 4. The van der Waals surface area contributed by atoms with Crippen molar-refractivity contribution in [3.63, 3.8) is 0 Å². The van der Waals surface area contributed by atoms with Crippen LogP contribution in [0.3, 0.4) is 0 Å². The quantitative estimate of drug-likeness (QED) is 0.866. The van der Waals surface area contributed by atoms with Gasteiger partial charge in [-0.25, -0.2) is 4.98 Å². The van der Waals surface area contributed by atoms with Crippen molar-refractivity contribution in [3.8, 4) is 5.88 Å². The predicted molar refractivity (Wildman–Crippen MR) is 69.6 cm³/mol. The molecular weight excluding hydrogens is 228 g/mol. The highest BCUT2D eigenvalue weighted by Crippen LogP contribution is 2.38. The van der Waals surface area contributed by atoms with E-state index in [-0.39, 0.29) is 0 Å². The number of H-pyrrole nitrogens is 1. The topological polar surface area (TPSA) is 76.8 Å². The smallest absolute Gasteiger partial charge is 0.215 e. The lowest BCUT2D eigenvalue weighted by Gasteiger charge is -2.14. The fraction of sp³-hybridized carbons (Fsp3) is 0.538. The summed E-state index contributed by atoms with van der Waals surface area (Å²) < 4.78 is 5.11. The molecule has 2 aromatic heterocycles. The molecule has 0 bridgehead atoms. The van der Waals surface area contributed by atoms with Crippen LogP contribution in [0.25, 0.3) is 11.2 Å². The highest BCUT2D eigenvalue weighted by molar-refractivity contribution is 5.71. The molecule has 0 saturated heterocycles. The average molecular weight is 246 g/mol. The van der Waals surface area contributed by atoms with Crippen LogP contribution < -0.4 is 10.5 Å². The molecule has 1 aliphatic carbocycles. The van der Waals surface area contributed by atoms with Crippen LogP contribution in [0, 0.1) is 5.92 Å². The number of ether oxygens (including phenoxy) is 1. The van der Waals surface area contributed by atoms with Crippen LogP contribution in [0.4, 0.5) is 0 Å². The van der Waals surface area contributed by atoms with Crippen LogP contribution in [-0.4, -0.2) is 28.6 Å². The molecule has 0 spiro atoms. The third kappa shape index (κ3) is 1.84. The second-order valence-electron chi connectivity index (χ2n) is 4.88. The maximum atomic E-state index is 5.82. The van der Waals surface area contributed by atoms with Gasteiger partial charge in [0.2, 0.25) is 5.88 Å². The molecule has 2 unspecified atom stereocenters. The summed E-state index contributed by atoms with van der Waals surface area (Å²) in [5.41, 5.74) is 7.52. The molecule has 96 valence electrons. The number of nitrogens with one attached hydrogen (secondary N) is 1. The zero-order valence-electron chi connectivity index (χ0n) is 10.5. The highest BCUT2D eigenvalue weighted by Gasteiger charge is 2.29. The largest absolute Gasteiger partial charge is 0.481 e. The first kappa shape index (κ1) is 11.5. The second kappa shape index (κ2) is 4.57. The fourth-order valence-corrected chi connectivity index (χ4v) is 2.86. The van der Waals surface area contributed by atoms with Gasteiger partial charge in [0.1, 0.15) is 5.82 Å². The Hall–Kier alpha value is -1.62. The summed E-state index contributed by atoms with van der Waals surface area (Å²) in [7, 11) is 1.61. The summed E-state index contributed by atoms with van der Waals surface area (Å²) >= 11 is 0. The number of fused-ring (bicyclic) bond motifs is 1. The van der Waals surface area contributed by atoms with E-state index in [0.717, 1.165) is 23.5 Å². The minimum Gasteiger partial charge on any atom is -0.481 e. The number of nitrogens with two attached hydrogens (primary N) is 1. The number of nitrogens with zero attached hydrogens (tertiary/aromatic N) is 2. The van der Waals surface area contributed by atoms with Crippen molar-refractivity contribution >= 4 is 11.2 Å². The van der Waals surface area contributed by atoms with Gasteiger partial charge in [0.05, 0.1) is 12.6 Å². The summed E-state index contributed by atoms with van der Waals surface area (Å²) in [4.78, 5) is 12.3. The molecule has 18 heavy (non-hydrogen) atoms. The van der Waals surface area contributed by atoms with Crippen LogP contribution in [0.1, 0.15) is 31.0 Å². The molecule has 0 amide bonds. The van der Waals surface area contributed by atoms with Crippen LogP contribution in [0.2, 0.25) is 0 Å². The van der Waals surface area contributed by atoms with Gasteiger partial charge in [-0.05, 0) is 31.4 Å². The number of hydrogen-bond donors (Lipinski definition) is 2. The molecule has 0 radical (unpaired) electrons. The van der Waals surface area contributed by atoms with Gasteiger partial charge in [-0.2, -0.15) is 4.98 Å². The molecule has 3 N–H and O–H groups in total. The van der Waals surface area contributed by atoms with E-state index in [1.54, 1.807) is 7.11 Å². The number of aromatic amines is 1. The molecule has 1 aliphatic rings. The first-order chi connectivity index (χ1) is 8.81. The molecule has 0 aliphatic heterocycles. The van der Waals surface area contributed by atoms with Crippen LogP contribution in [-0.2, 0) is 0 Å². The monoisotopic (exact) mass is 246 g/mol. The Bertz CT molecular complexity index is 551.